The minimum Gasteiger partial charge on any atom is -0.497 e. The number of anilines is 1. The molecule has 0 aliphatic carbocycles. The summed E-state index contributed by atoms with van der Waals surface area (Å²) in [6.07, 6.45) is 1.65. The fourth-order valence-corrected chi connectivity index (χ4v) is 4.05. The highest BCUT2D eigenvalue weighted by molar-refractivity contribution is 6.04. The first-order chi connectivity index (χ1) is 15.0. The lowest BCUT2D eigenvalue weighted by Gasteiger charge is -2.28. The number of methoxy groups -OCH3 is 3. The fraction of sp³-hybridized carbons (Fsp3) is 0.217. The minimum atomic E-state index is -1.13. The molecule has 0 saturated heterocycles. The third kappa shape index (κ3) is 3.46. The molecule has 1 aromatic heterocycles. The Labute approximate surface area is 179 Å². The van der Waals surface area contributed by atoms with Crippen molar-refractivity contribution in [3.63, 3.8) is 0 Å². The van der Waals surface area contributed by atoms with Crippen molar-refractivity contribution in [1.82, 2.24) is 4.57 Å². The van der Waals surface area contributed by atoms with Crippen LogP contribution in [0.2, 0.25) is 0 Å². The standard InChI is InChI=1S/C23H22N2O6/c1-29-14-7-4-6-13(10-14)25-12-17(23(27)28)20-21(25)16(11-19(26)24-20)15-8-5-9-18(30-2)22(15)31-3/h4-10,12,16H,11H2,1-3H3,(H,24,26)(H,27,28). The van der Waals surface area contributed by atoms with E-state index in [1.54, 1.807) is 24.9 Å². The molecular weight excluding hydrogens is 400 g/mol. The highest BCUT2D eigenvalue weighted by Gasteiger charge is 2.36. The summed E-state index contributed by atoms with van der Waals surface area (Å²) >= 11 is 0. The minimum absolute atomic E-state index is 0.0118. The number of hydrogen-bond donors (Lipinski definition) is 2. The molecule has 160 valence electrons. The van der Waals surface area contributed by atoms with Crippen molar-refractivity contribution in [2.24, 2.45) is 0 Å². The number of carboxylic acid groups (broad SMARTS) is 1. The number of nitrogens with one attached hydrogen (secondary N) is 1. The number of nitrogens with zero attached hydrogens (tertiary/aromatic N) is 1. The van der Waals surface area contributed by atoms with E-state index in [-0.39, 0.29) is 23.6 Å². The van der Waals surface area contributed by atoms with E-state index >= 15 is 0 Å². The molecule has 0 fully saturated rings. The Balaban J connectivity index is 2.00. The van der Waals surface area contributed by atoms with E-state index in [1.165, 1.54) is 13.3 Å². The number of carboxylic acids is 1. The van der Waals surface area contributed by atoms with Crippen LogP contribution in [0.4, 0.5) is 5.69 Å². The summed E-state index contributed by atoms with van der Waals surface area (Å²) in [4.78, 5) is 24.6. The summed E-state index contributed by atoms with van der Waals surface area (Å²) in [5, 5.41) is 12.5. The molecule has 1 aliphatic rings. The molecule has 0 saturated carbocycles. The van der Waals surface area contributed by atoms with E-state index in [0.29, 0.717) is 28.6 Å². The predicted molar refractivity (Wildman–Crippen MR) is 114 cm³/mol. The van der Waals surface area contributed by atoms with Crippen molar-refractivity contribution >= 4 is 17.6 Å². The van der Waals surface area contributed by atoms with Crippen molar-refractivity contribution in [1.29, 1.82) is 0 Å². The molecule has 1 aliphatic heterocycles. The van der Waals surface area contributed by atoms with Gasteiger partial charge < -0.3 is 29.2 Å². The molecule has 2 heterocycles. The second-order valence-electron chi connectivity index (χ2n) is 7.07. The number of para-hydroxylation sites is 1. The van der Waals surface area contributed by atoms with Gasteiger partial charge in [0.25, 0.3) is 0 Å². The van der Waals surface area contributed by atoms with Crippen molar-refractivity contribution in [2.75, 3.05) is 26.6 Å². The summed E-state index contributed by atoms with van der Waals surface area (Å²) in [6, 6.07) is 12.7. The smallest absolute Gasteiger partial charge is 0.339 e. The molecular formula is C23H22N2O6. The topological polar surface area (TPSA) is 99.0 Å². The normalized spacial score (nSPS) is 15.1. The van der Waals surface area contributed by atoms with Crippen LogP contribution in [-0.2, 0) is 4.79 Å². The van der Waals surface area contributed by atoms with Gasteiger partial charge in [-0.25, -0.2) is 4.79 Å². The number of carbonyl (C=O) groups is 2. The van der Waals surface area contributed by atoms with Crippen LogP contribution >= 0.6 is 0 Å². The van der Waals surface area contributed by atoms with Crippen LogP contribution in [0.3, 0.4) is 0 Å². The number of ether oxygens (including phenoxy) is 3. The van der Waals surface area contributed by atoms with Gasteiger partial charge in [-0.05, 0) is 18.2 Å². The van der Waals surface area contributed by atoms with Gasteiger partial charge in [-0.3, -0.25) is 4.79 Å². The van der Waals surface area contributed by atoms with Gasteiger partial charge in [-0.15, -0.1) is 0 Å². The van der Waals surface area contributed by atoms with Crippen LogP contribution in [0, 0.1) is 0 Å². The van der Waals surface area contributed by atoms with Gasteiger partial charge in [-0.1, -0.05) is 18.2 Å². The first-order valence-electron chi connectivity index (χ1n) is 9.62. The fourth-order valence-electron chi connectivity index (χ4n) is 4.05. The van der Waals surface area contributed by atoms with E-state index in [2.05, 4.69) is 5.32 Å². The zero-order valence-corrected chi connectivity index (χ0v) is 17.3. The molecule has 4 rings (SSSR count). The largest absolute Gasteiger partial charge is 0.497 e. The Morgan fingerprint density at radius 1 is 1.10 bits per heavy atom. The zero-order valence-electron chi connectivity index (χ0n) is 17.3. The van der Waals surface area contributed by atoms with Crippen LogP contribution in [-0.4, -0.2) is 42.9 Å². The molecule has 2 N–H and O–H groups in total. The van der Waals surface area contributed by atoms with Crippen LogP contribution < -0.4 is 19.5 Å². The number of aromatic nitrogens is 1. The summed E-state index contributed by atoms with van der Waals surface area (Å²) in [7, 11) is 4.65. The van der Waals surface area contributed by atoms with Gasteiger partial charge in [0.2, 0.25) is 5.91 Å². The number of benzene rings is 2. The highest BCUT2D eigenvalue weighted by Crippen LogP contribution is 2.46. The Morgan fingerprint density at radius 2 is 1.87 bits per heavy atom. The lowest BCUT2D eigenvalue weighted by Crippen LogP contribution is -2.25. The van der Waals surface area contributed by atoms with Gasteiger partial charge in [0.05, 0.1) is 32.7 Å². The SMILES string of the molecule is COc1cccc(-n2cc(C(=O)O)c3c2C(c2cccc(OC)c2OC)CC(=O)N3)c1. The maximum atomic E-state index is 12.6. The Kier molecular flexibility index (Phi) is 5.29. The number of carbonyl (C=O) groups excluding carboxylic acids is 1. The Morgan fingerprint density at radius 3 is 2.55 bits per heavy atom. The number of hydrogen-bond acceptors (Lipinski definition) is 5. The quantitative estimate of drug-likeness (QED) is 0.629. The summed E-state index contributed by atoms with van der Waals surface area (Å²) in [5.41, 5.74) is 2.39. The molecule has 31 heavy (non-hydrogen) atoms. The van der Waals surface area contributed by atoms with Gasteiger partial charge in [-0.2, -0.15) is 0 Å². The first-order valence-corrected chi connectivity index (χ1v) is 9.62. The molecule has 1 amide bonds. The third-order valence-corrected chi connectivity index (χ3v) is 5.40. The van der Waals surface area contributed by atoms with Crippen molar-refractivity contribution in [2.45, 2.75) is 12.3 Å². The number of amides is 1. The number of aromatic carboxylic acids is 1. The lowest BCUT2D eigenvalue weighted by molar-refractivity contribution is -0.116. The highest BCUT2D eigenvalue weighted by atomic mass is 16.5. The van der Waals surface area contributed by atoms with Crippen molar-refractivity contribution in [3.05, 3.63) is 65.5 Å². The predicted octanol–water partition coefficient (Wildman–Crippen LogP) is 3.68. The average Bonchev–Trinajstić information content (AvgIpc) is 3.17. The maximum absolute atomic E-state index is 12.6. The summed E-state index contributed by atoms with van der Waals surface area (Å²) in [5.74, 6) is -0.179. The first kappa shape index (κ1) is 20.3. The van der Waals surface area contributed by atoms with E-state index in [0.717, 1.165) is 5.56 Å². The molecule has 1 atom stereocenters. The average molecular weight is 422 g/mol. The lowest BCUT2D eigenvalue weighted by atomic mass is 9.87. The second-order valence-corrected chi connectivity index (χ2v) is 7.07. The van der Waals surface area contributed by atoms with Crippen LogP contribution in [0.25, 0.3) is 5.69 Å². The molecule has 8 heteroatoms. The molecule has 0 spiro atoms. The van der Waals surface area contributed by atoms with Gasteiger partial charge >= 0.3 is 5.97 Å². The number of fused-ring (bicyclic) bond motifs is 1. The van der Waals surface area contributed by atoms with E-state index in [1.807, 2.05) is 36.4 Å². The van der Waals surface area contributed by atoms with Crippen LogP contribution in [0.1, 0.15) is 34.0 Å². The molecule has 0 radical (unpaired) electrons. The monoisotopic (exact) mass is 422 g/mol. The third-order valence-electron chi connectivity index (χ3n) is 5.40. The van der Waals surface area contributed by atoms with Crippen molar-refractivity contribution < 1.29 is 28.9 Å². The van der Waals surface area contributed by atoms with Crippen LogP contribution in [0.15, 0.2) is 48.7 Å². The maximum Gasteiger partial charge on any atom is 0.339 e. The zero-order chi connectivity index (χ0) is 22.1. The molecule has 0 bridgehead atoms. The number of rotatable bonds is 6. The Bertz CT molecular complexity index is 1170. The summed E-state index contributed by atoms with van der Waals surface area (Å²) < 4.78 is 18.1. The van der Waals surface area contributed by atoms with Gasteiger partial charge in [0.1, 0.15) is 11.3 Å². The van der Waals surface area contributed by atoms with Crippen molar-refractivity contribution in [3.8, 4) is 22.9 Å². The molecule has 8 nitrogen and oxygen atoms in total. The van der Waals surface area contributed by atoms with Crippen LogP contribution in [0.5, 0.6) is 17.2 Å². The van der Waals surface area contributed by atoms with Gasteiger partial charge in [0, 0.05) is 35.9 Å². The molecule has 2 aromatic carbocycles. The second kappa shape index (κ2) is 8.06. The van der Waals surface area contributed by atoms with E-state index in [9.17, 15) is 14.7 Å². The molecule has 1 unspecified atom stereocenters. The van der Waals surface area contributed by atoms with E-state index in [4.69, 9.17) is 14.2 Å². The molecule has 3 aromatic rings. The van der Waals surface area contributed by atoms with Gasteiger partial charge in [0.15, 0.2) is 11.5 Å². The summed E-state index contributed by atoms with van der Waals surface area (Å²) in [6.45, 7) is 0. The van der Waals surface area contributed by atoms with E-state index < -0.39 is 11.9 Å². The Hall–Kier alpha value is -3.94.